The predicted molar refractivity (Wildman–Crippen MR) is 86.6 cm³/mol. The number of hydrogen-bond acceptors (Lipinski definition) is 3. The van der Waals surface area contributed by atoms with Gasteiger partial charge in [0, 0.05) is 22.5 Å². The van der Waals surface area contributed by atoms with Crippen molar-refractivity contribution in [2.24, 2.45) is 5.92 Å². The maximum absolute atomic E-state index is 12.3. The van der Waals surface area contributed by atoms with Crippen LogP contribution in [-0.2, 0) is 9.53 Å². The molecule has 5 heteroatoms. The molecular formula is C16H19BrClNO2. The minimum atomic E-state index is -0.101. The summed E-state index contributed by atoms with van der Waals surface area (Å²) in [5.41, 5.74) is 1.14. The zero-order valence-corrected chi connectivity index (χ0v) is 14.5. The highest BCUT2D eigenvalue weighted by Crippen LogP contribution is 2.47. The molecule has 2 fully saturated rings. The number of benzene rings is 1. The van der Waals surface area contributed by atoms with Crippen LogP contribution in [0, 0.1) is 5.92 Å². The molecule has 114 valence electrons. The van der Waals surface area contributed by atoms with Crippen molar-refractivity contribution < 1.29 is 9.53 Å². The van der Waals surface area contributed by atoms with E-state index in [9.17, 15) is 4.79 Å². The Hall–Kier alpha value is -0.580. The van der Waals surface area contributed by atoms with Crippen molar-refractivity contribution in [3.63, 3.8) is 0 Å². The standard InChI is InChI=1S/C16H19BrClNO2/c1-19-10-4-6-14(19)15(16(20)21-2)11(8-10)9-3-5-12(17)13(18)7-9/h3,5,7,10-11,14-15H,4,6,8H2,1-2H3. The highest BCUT2D eigenvalue weighted by molar-refractivity contribution is 9.10. The lowest BCUT2D eigenvalue weighted by Crippen LogP contribution is -2.49. The van der Waals surface area contributed by atoms with Gasteiger partial charge in [0.1, 0.15) is 0 Å². The van der Waals surface area contributed by atoms with E-state index < -0.39 is 0 Å². The van der Waals surface area contributed by atoms with Gasteiger partial charge in [-0.3, -0.25) is 9.69 Å². The number of carbonyl (C=O) groups excluding carboxylic acids is 1. The van der Waals surface area contributed by atoms with E-state index in [-0.39, 0.29) is 23.8 Å². The van der Waals surface area contributed by atoms with Crippen molar-refractivity contribution >= 4 is 33.5 Å². The fourth-order valence-electron chi connectivity index (χ4n) is 4.01. The summed E-state index contributed by atoms with van der Waals surface area (Å²) in [4.78, 5) is 14.7. The molecule has 21 heavy (non-hydrogen) atoms. The smallest absolute Gasteiger partial charge is 0.310 e. The second kappa shape index (κ2) is 5.90. The lowest BCUT2D eigenvalue weighted by atomic mass is 9.76. The van der Waals surface area contributed by atoms with Gasteiger partial charge in [-0.15, -0.1) is 0 Å². The number of halogens is 2. The largest absolute Gasteiger partial charge is 0.469 e. The molecule has 2 bridgehead atoms. The molecule has 2 saturated heterocycles. The lowest BCUT2D eigenvalue weighted by molar-refractivity contribution is -0.150. The van der Waals surface area contributed by atoms with Crippen molar-refractivity contribution in [3.05, 3.63) is 33.3 Å². The number of fused-ring (bicyclic) bond motifs is 2. The Morgan fingerprint density at radius 1 is 1.43 bits per heavy atom. The molecule has 4 unspecified atom stereocenters. The number of hydrogen-bond donors (Lipinski definition) is 0. The van der Waals surface area contributed by atoms with Crippen molar-refractivity contribution in [2.45, 2.75) is 37.3 Å². The van der Waals surface area contributed by atoms with Gasteiger partial charge in [0.2, 0.25) is 0 Å². The van der Waals surface area contributed by atoms with Crippen LogP contribution in [0.1, 0.15) is 30.7 Å². The fourth-order valence-corrected chi connectivity index (χ4v) is 4.45. The van der Waals surface area contributed by atoms with Gasteiger partial charge in [-0.25, -0.2) is 0 Å². The number of rotatable bonds is 2. The van der Waals surface area contributed by atoms with E-state index in [1.807, 2.05) is 12.1 Å². The minimum Gasteiger partial charge on any atom is -0.469 e. The normalized spacial score (nSPS) is 32.2. The fraction of sp³-hybridized carbons (Fsp3) is 0.562. The molecule has 0 spiro atoms. The van der Waals surface area contributed by atoms with Gasteiger partial charge >= 0.3 is 5.97 Å². The Labute approximate surface area is 138 Å². The Morgan fingerprint density at radius 2 is 2.19 bits per heavy atom. The van der Waals surface area contributed by atoms with Crippen LogP contribution in [0.2, 0.25) is 5.02 Å². The molecule has 0 amide bonds. The molecule has 2 aliphatic heterocycles. The molecule has 3 rings (SSSR count). The molecule has 0 aliphatic carbocycles. The predicted octanol–water partition coefficient (Wildman–Crippen LogP) is 3.84. The Balaban J connectivity index is 1.98. The van der Waals surface area contributed by atoms with E-state index in [4.69, 9.17) is 16.3 Å². The van der Waals surface area contributed by atoms with Gasteiger partial charge in [0.25, 0.3) is 0 Å². The zero-order chi connectivity index (χ0) is 15.1. The molecule has 1 aromatic rings. The molecule has 0 aromatic heterocycles. The second-order valence-corrected chi connectivity index (χ2v) is 7.29. The minimum absolute atomic E-state index is 0.101. The van der Waals surface area contributed by atoms with Gasteiger partial charge in [0.05, 0.1) is 18.1 Å². The summed E-state index contributed by atoms with van der Waals surface area (Å²) in [6, 6.07) is 6.86. The van der Waals surface area contributed by atoms with Crippen LogP contribution in [-0.4, -0.2) is 37.1 Å². The first-order valence-corrected chi connectivity index (χ1v) is 8.44. The highest BCUT2D eigenvalue weighted by Gasteiger charge is 2.49. The average Bonchev–Trinajstić information content (AvgIpc) is 2.72. The van der Waals surface area contributed by atoms with Crippen LogP contribution >= 0.6 is 27.5 Å². The Kier molecular flexibility index (Phi) is 4.30. The van der Waals surface area contributed by atoms with Gasteiger partial charge in [-0.2, -0.15) is 0 Å². The molecule has 0 N–H and O–H groups in total. The summed E-state index contributed by atoms with van der Waals surface area (Å²) >= 11 is 9.66. The van der Waals surface area contributed by atoms with Crippen LogP contribution in [0.3, 0.4) is 0 Å². The van der Waals surface area contributed by atoms with Crippen LogP contribution in [0.5, 0.6) is 0 Å². The first kappa shape index (κ1) is 15.3. The third-order valence-corrected chi connectivity index (χ3v) is 6.35. The summed E-state index contributed by atoms with van der Waals surface area (Å²) in [5, 5.41) is 0.697. The van der Waals surface area contributed by atoms with Gasteiger partial charge in [-0.05, 0) is 59.9 Å². The summed E-state index contributed by atoms with van der Waals surface area (Å²) in [6.07, 6.45) is 3.22. The number of nitrogens with zero attached hydrogens (tertiary/aromatic N) is 1. The molecule has 2 aliphatic rings. The molecule has 4 atom stereocenters. The van der Waals surface area contributed by atoms with E-state index in [0.717, 1.165) is 29.3 Å². The van der Waals surface area contributed by atoms with Crippen LogP contribution in [0.25, 0.3) is 0 Å². The first-order chi connectivity index (χ1) is 10.0. The quantitative estimate of drug-likeness (QED) is 0.739. The monoisotopic (exact) mass is 371 g/mol. The van der Waals surface area contributed by atoms with Gasteiger partial charge in [0.15, 0.2) is 0 Å². The number of ether oxygens (including phenoxy) is 1. The van der Waals surface area contributed by atoms with E-state index in [1.54, 1.807) is 0 Å². The third kappa shape index (κ3) is 2.62. The van der Waals surface area contributed by atoms with Crippen molar-refractivity contribution in [3.8, 4) is 0 Å². The summed E-state index contributed by atoms with van der Waals surface area (Å²) in [5.74, 6) is -0.0102. The van der Waals surface area contributed by atoms with E-state index in [0.29, 0.717) is 11.1 Å². The molecule has 0 saturated carbocycles. The van der Waals surface area contributed by atoms with Crippen molar-refractivity contribution in [2.75, 3.05) is 14.2 Å². The summed E-state index contributed by atoms with van der Waals surface area (Å²) < 4.78 is 5.97. The maximum atomic E-state index is 12.3. The summed E-state index contributed by atoms with van der Waals surface area (Å²) in [7, 11) is 3.61. The third-order valence-electron chi connectivity index (χ3n) is 5.11. The van der Waals surface area contributed by atoms with Crippen LogP contribution in [0.4, 0.5) is 0 Å². The zero-order valence-electron chi connectivity index (χ0n) is 12.2. The van der Waals surface area contributed by atoms with Crippen molar-refractivity contribution in [1.29, 1.82) is 0 Å². The van der Waals surface area contributed by atoms with Gasteiger partial charge < -0.3 is 4.74 Å². The lowest BCUT2D eigenvalue weighted by Gasteiger charge is -2.41. The van der Waals surface area contributed by atoms with Crippen LogP contribution < -0.4 is 0 Å². The maximum Gasteiger partial charge on any atom is 0.310 e. The molecule has 1 aromatic carbocycles. The van der Waals surface area contributed by atoms with E-state index in [1.165, 1.54) is 7.11 Å². The number of methoxy groups -OCH3 is 1. The summed E-state index contributed by atoms with van der Waals surface area (Å²) in [6.45, 7) is 0. The second-order valence-electron chi connectivity index (χ2n) is 6.03. The number of esters is 1. The van der Waals surface area contributed by atoms with E-state index in [2.05, 4.69) is 33.9 Å². The average molecular weight is 373 g/mol. The molecule has 0 radical (unpaired) electrons. The molecule has 3 nitrogen and oxygen atoms in total. The van der Waals surface area contributed by atoms with E-state index >= 15 is 0 Å². The van der Waals surface area contributed by atoms with Crippen LogP contribution in [0.15, 0.2) is 22.7 Å². The Morgan fingerprint density at radius 3 is 2.86 bits per heavy atom. The topological polar surface area (TPSA) is 29.5 Å². The number of carbonyl (C=O) groups is 1. The molecular weight excluding hydrogens is 354 g/mol. The highest BCUT2D eigenvalue weighted by atomic mass is 79.9. The Bertz CT molecular complexity index is 565. The number of piperidine rings is 1. The van der Waals surface area contributed by atoms with Crippen molar-refractivity contribution in [1.82, 2.24) is 4.90 Å². The first-order valence-electron chi connectivity index (χ1n) is 7.27. The molecule has 2 heterocycles. The van der Waals surface area contributed by atoms with Gasteiger partial charge in [-0.1, -0.05) is 17.7 Å². The SMILES string of the molecule is COC(=O)C1C(c2ccc(Br)c(Cl)c2)CC2CCC1N2C.